The van der Waals surface area contributed by atoms with Crippen LogP contribution >= 0.6 is 0 Å². The number of nitrogens with zero attached hydrogens (tertiary/aromatic N) is 3. The van der Waals surface area contributed by atoms with Crippen LogP contribution in [0.3, 0.4) is 0 Å². The molecule has 2 rings (SSSR count). The number of methoxy groups -OCH3 is 1. The molecule has 0 aliphatic carbocycles. The SMILES string of the molecule is CCNC(=NCc1ccc(N(C)C)cc1C)NC1CCN(CCCOC)CC1. The topological polar surface area (TPSA) is 52.1 Å². The summed E-state index contributed by atoms with van der Waals surface area (Å²) in [7, 11) is 5.92. The highest BCUT2D eigenvalue weighted by Crippen LogP contribution is 2.18. The Morgan fingerprint density at radius 2 is 2.04 bits per heavy atom. The Balaban J connectivity index is 1.87. The molecule has 0 spiro atoms. The molecular weight excluding hydrogens is 350 g/mol. The maximum Gasteiger partial charge on any atom is 0.191 e. The second-order valence-electron chi connectivity index (χ2n) is 7.81. The van der Waals surface area contributed by atoms with Gasteiger partial charge in [0.2, 0.25) is 0 Å². The number of likely N-dealkylation sites (tertiary alicyclic amines) is 1. The Bertz CT molecular complexity index is 609. The third kappa shape index (κ3) is 7.32. The lowest BCUT2D eigenvalue weighted by atomic mass is 10.1. The molecular formula is C22H39N5O. The Kier molecular flexibility index (Phi) is 9.58. The number of hydrogen-bond donors (Lipinski definition) is 2. The number of nitrogens with one attached hydrogen (secondary N) is 2. The fourth-order valence-electron chi connectivity index (χ4n) is 3.55. The van der Waals surface area contributed by atoms with E-state index in [9.17, 15) is 0 Å². The normalized spacial score (nSPS) is 16.2. The lowest BCUT2D eigenvalue weighted by molar-refractivity contribution is 0.155. The minimum absolute atomic E-state index is 0.494. The second kappa shape index (κ2) is 11.9. The van der Waals surface area contributed by atoms with Crippen molar-refractivity contribution in [2.24, 2.45) is 4.99 Å². The van der Waals surface area contributed by atoms with Crippen molar-refractivity contribution in [2.75, 3.05) is 58.9 Å². The largest absolute Gasteiger partial charge is 0.385 e. The van der Waals surface area contributed by atoms with E-state index in [2.05, 4.69) is 66.6 Å². The van der Waals surface area contributed by atoms with Gasteiger partial charge in [-0.2, -0.15) is 0 Å². The van der Waals surface area contributed by atoms with Crippen LogP contribution in [-0.2, 0) is 11.3 Å². The van der Waals surface area contributed by atoms with Crippen LogP contribution in [0.15, 0.2) is 23.2 Å². The van der Waals surface area contributed by atoms with Crippen molar-refractivity contribution >= 4 is 11.6 Å². The highest BCUT2D eigenvalue weighted by molar-refractivity contribution is 5.80. The minimum atomic E-state index is 0.494. The number of benzene rings is 1. The average molecular weight is 390 g/mol. The lowest BCUT2D eigenvalue weighted by Crippen LogP contribution is -2.48. The fourth-order valence-corrected chi connectivity index (χ4v) is 3.55. The van der Waals surface area contributed by atoms with E-state index in [1.165, 1.54) is 16.8 Å². The summed E-state index contributed by atoms with van der Waals surface area (Å²) in [6.07, 6.45) is 3.44. The van der Waals surface area contributed by atoms with Crippen molar-refractivity contribution in [1.29, 1.82) is 0 Å². The molecule has 6 nitrogen and oxygen atoms in total. The zero-order valence-corrected chi connectivity index (χ0v) is 18.4. The van der Waals surface area contributed by atoms with Gasteiger partial charge in [0.15, 0.2) is 5.96 Å². The van der Waals surface area contributed by atoms with Gasteiger partial charge in [0.25, 0.3) is 0 Å². The molecule has 0 atom stereocenters. The number of rotatable bonds is 9. The van der Waals surface area contributed by atoms with E-state index in [4.69, 9.17) is 9.73 Å². The van der Waals surface area contributed by atoms with Crippen LogP contribution in [0.5, 0.6) is 0 Å². The van der Waals surface area contributed by atoms with Crippen LogP contribution in [0.1, 0.15) is 37.3 Å². The molecule has 0 saturated carbocycles. The summed E-state index contributed by atoms with van der Waals surface area (Å²) in [5.41, 5.74) is 3.79. The van der Waals surface area contributed by atoms with Crippen molar-refractivity contribution in [2.45, 2.75) is 45.7 Å². The number of guanidine groups is 1. The van der Waals surface area contributed by atoms with E-state index < -0.39 is 0 Å². The van der Waals surface area contributed by atoms with Gasteiger partial charge in [0.1, 0.15) is 0 Å². The number of hydrogen-bond acceptors (Lipinski definition) is 4. The van der Waals surface area contributed by atoms with Crippen molar-refractivity contribution in [3.05, 3.63) is 29.3 Å². The molecule has 28 heavy (non-hydrogen) atoms. The van der Waals surface area contributed by atoms with Crippen molar-refractivity contribution in [3.8, 4) is 0 Å². The first-order valence-electron chi connectivity index (χ1n) is 10.6. The Morgan fingerprint density at radius 3 is 2.64 bits per heavy atom. The number of anilines is 1. The first-order chi connectivity index (χ1) is 13.5. The predicted octanol–water partition coefficient (Wildman–Crippen LogP) is 2.62. The molecule has 1 aliphatic rings. The van der Waals surface area contributed by atoms with Gasteiger partial charge in [-0.1, -0.05) is 6.07 Å². The number of piperidine rings is 1. The lowest BCUT2D eigenvalue weighted by Gasteiger charge is -2.33. The summed E-state index contributed by atoms with van der Waals surface area (Å²) in [5.74, 6) is 0.927. The van der Waals surface area contributed by atoms with Gasteiger partial charge in [-0.3, -0.25) is 0 Å². The first kappa shape index (κ1) is 22.5. The van der Waals surface area contributed by atoms with E-state index in [-0.39, 0.29) is 0 Å². The Labute approximate surface area is 171 Å². The zero-order chi connectivity index (χ0) is 20.4. The molecule has 0 unspecified atom stereocenters. The standard InChI is InChI=1S/C22H39N5O/c1-6-23-22(24-17-19-8-9-21(26(3)4)16-18(19)2)25-20-10-13-27(14-11-20)12-7-15-28-5/h8-9,16,20H,6-7,10-15,17H2,1-5H3,(H2,23,24,25). The second-order valence-corrected chi connectivity index (χ2v) is 7.81. The first-order valence-corrected chi connectivity index (χ1v) is 10.6. The van der Waals surface area contributed by atoms with Crippen LogP contribution < -0.4 is 15.5 Å². The zero-order valence-electron chi connectivity index (χ0n) is 18.4. The molecule has 0 bridgehead atoms. The van der Waals surface area contributed by atoms with E-state index in [0.717, 1.165) is 58.0 Å². The van der Waals surface area contributed by atoms with Crippen LogP contribution in [0, 0.1) is 6.92 Å². The molecule has 0 amide bonds. The van der Waals surface area contributed by atoms with Gasteiger partial charge in [-0.15, -0.1) is 0 Å². The van der Waals surface area contributed by atoms with E-state index in [1.54, 1.807) is 7.11 Å². The van der Waals surface area contributed by atoms with Gasteiger partial charge in [-0.25, -0.2) is 4.99 Å². The van der Waals surface area contributed by atoms with Gasteiger partial charge in [0.05, 0.1) is 6.54 Å². The molecule has 1 aliphatic heterocycles. The quantitative estimate of drug-likeness (QED) is 0.386. The summed E-state index contributed by atoms with van der Waals surface area (Å²) in [5, 5.41) is 7.05. The molecule has 1 aromatic rings. The molecule has 1 saturated heterocycles. The molecule has 1 aromatic carbocycles. The van der Waals surface area contributed by atoms with Crippen LogP contribution in [-0.4, -0.2) is 70.9 Å². The minimum Gasteiger partial charge on any atom is -0.385 e. The van der Waals surface area contributed by atoms with Gasteiger partial charge in [0, 0.05) is 65.7 Å². The summed E-state index contributed by atoms with van der Waals surface area (Å²) in [4.78, 5) is 9.51. The number of ether oxygens (including phenoxy) is 1. The Hall–Kier alpha value is -1.79. The summed E-state index contributed by atoms with van der Waals surface area (Å²) >= 11 is 0. The van der Waals surface area contributed by atoms with E-state index in [1.807, 2.05) is 0 Å². The third-order valence-corrected chi connectivity index (χ3v) is 5.35. The molecule has 6 heteroatoms. The van der Waals surface area contributed by atoms with E-state index >= 15 is 0 Å². The Morgan fingerprint density at radius 1 is 1.29 bits per heavy atom. The summed E-state index contributed by atoms with van der Waals surface area (Å²) < 4.78 is 5.16. The molecule has 158 valence electrons. The van der Waals surface area contributed by atoms with Crippen LogP contribution in [0.25, 0.3) is 0 Å². The highest BCUT2D eigenvalue weighted by atomic mass is 16.5. The molecule has 1 fully saturated rings. The van der Waals surface area contributed by atoms with Gasteiger partial charge < -0.3 is 25.2 Å². The molecule has 1 heterocycles. The maximum absolute atomic E-state index is 5.16. The van der Waals surface area contributed by atoms with Crippen LogP contribution in [0.2, 0.25) is 0 Å². The monoisotopic (exact) mass is 389 g/mol. The average Bonchev–Trinajstić information content (AvgIpc) is 2.68. The number of aliphatic imine (C=N–C) groups is 1. The van der Waals surface area contributed by atoms with Gasteiger partial charge >= 0.3 is 0 Å². The summed E-state index contributed by atoms with van der Waals surface area (Å²) in [6.45, 7) is 10.1. The predicted molar refractivity (Wildman–Crippen MR) is 119 cm³/mol. The third-order valence-electron chi connectivity index (χ3n) is 5.35. The number of aryl methyl sites for hydroxylation is 1. The summed E-state index contributed by atoms with van der Waals surface area (Å²) in [6, 6.07) is 7.08. The van der Waals surface area contributed by atoms with Crippen LogP contribution in [0.4, 0.5) is 5.69 Å². The van der Waals surface area contributed by atoms with E-state index in [0.29, 0.717) is 12.6 Å². The van der Waals surface area contributed by atoms with Crippen molar-refractivity contribution < 1.29 is 4.74 Å². The van der Waals surface area contributed by atoms with Crippen molar-refractivity contribution in [3.63, 3.8) is 0 Å². The highest BCUT2D eigenvalue weighted by Gasteiger charge is 2.19. The van der Waals surface area contributed by atoms with Gasteiger partial charge in [-0.05, 0) is 56.4 Å². The fraction of sp³-hybridized carbons (Fsp3) is 0.682. The van der Waals surface area contributed by atoms with Crippen molar-refractivity contribution in [1.82, 2.24) is 15.5 Å². The molecule has 2 N–H and O–H groups in total. The maximum atomic E-state index is 5.16. The molecule has 0 aromatic heterocycles. The smallest absolute Gasteiger partial charge is 0.191 e. The molecule has 0 radical (unpaired) electrons.